The minimum Gasteiger partial charge on any atom is -0.413 e. The van der Waals surface area contributed by atoms with Crippen LogP contribution in [-0.4, -0.2) is 52.3 Å². The average molecular weight is 459 g/mol. The molecule has 30 heavy (non-hydrogen) atoms. The molecule has 0 saturated heterocycles. The van der Waals surface area contributed by atoms with E-state index in [9.17, 15) is 10.2 Å². The van der Waals surface area contributed by atoms with E-state index in [4.69, 9.17) is 8.85 Å². The van der Waals surface area contributed by atoms with Crippen LogP contribution in [0.1, 0.15) is 67.2 Å². The summed E-state index contributed by atoms with van der Waals surface area (Å²) in [5.74, 6) is 0.845. The van der Waals surface area contributed by atoms with E-state index < -0.39 is 16.6 Å². The first-order chi connectivity index (χ1) is 13.6. The zero-order valence-corrected chi connectivity index (χ0v) is 23.4. The van der Waals surface area contributed by atoms with Gasteiger partial charge in [-0.2, -0.15) is 0 Å². The lowest BCUT2D eigenvalue weighted by atomic mass is 9.90. The van der Waals surface area contributed by atoms with Crippen molar-refractivity contribution in [2.75, 3.05) is 13.2 Å². The van der Waals surface area contributed by atoms with Gasteiger partial charge in [-0.3, -0.25) is 0 Å². The fourth-order valence-electron chi connectivity index (χ4n) is 3.68. The van der Waals surface area contributed by atoms with Crippen LogP contribution in [0.2, 0.25) is 36.3 Å². The van der Waals surface area contributed by atoms with Gasteiger partial charge in [0.15, 0.2) is 16.6 Å². The molecule has 0 bridgehead atoms. The normalized spacial score (nSPS) is 25.3. The molecule has 0 radical (unpaired) electrons. The van der Waals surface area contributed by atoms with Gasteiger partial charge in [0.1, 0.15) is 0 Å². The molecule has 0 heterocycles. The van der Waals surface area contributed by atoms with Crippen LogP contribution in [0, 0.1) is 11.8 Å². The van der Waals surface area contributed by atoms with Gasteiger partial charge in [-0.15, -0.1) is 0 Å². The Bertz CT molecular complexity index is 546. The lowest BCUT2D eigenvalue weighted by Crippen LogP contribution is -2.45. The Kier molecular flexibility index (Phi) is 10.1. The van der Waals surface area contributed by atoms with Crippen LogP contribution < -0.4 is 0 Å². The van der Waals surface area contributed by atoms with Crippen molar-refractivity contribution in [3.05, 3.63) is 12.2 Å². The monoisotopic (exact) mass is 458 g/mol. The largest absolute Gasteiger partial charge is 0.413 e. The van der Waals surface area contributed by atoms with Crippen molar-refractivity contribution in [3.8, 4) is 0 Å². The maximum Gasteiger partial charge on any atom is 0.192 e. The van der Waals surface area contributed by atoms with Gasteiger partial charge in [0.2, 0.25) is 0 Å². The standard InChI is InChI=1S/C24H50O4Si2/c1-23(2,3)29(7,8)27-20(18-26)14-15-21-19(12-11-17-25)13-16-22(21)28-30(9,10)24(4,5)6/h14-15,19-22,25-26H,11-13,16-18H2,1-10H3/t19-,20-,21+,22+/m0/s1. The van der Waals surface area contributed by atoms with Crippen molar-refractivity contribution in [2.24, 2.45) is 11.8 Å². The molecule has 1 aliphatic rings. The minimum atomic E-state index is -1.95. The Labute approximate surface area is 188 Å². The zero-order chi connectivity index (χ0) is 23.4. The molecule has 178 valence electrons. The fraction of sp³-hybridized carbons (Fsp3) is 0.917. The molecule has 6 heteroatoms. The highest BCUT2D eigenvalue weighted by Gasteiger charge is 2.44. The van der Waals surface area contributed by atoms with Crippen molar-refractivity contribution in [1.29, 1.82) is 0 Å². The smallest absolute Gasteiger partial charge is 0.192 e. The predicted molar refractivity (Wildman–Crippen MR) is 133 cm³/mol. The second-order valence-electron chi connectivity index (χ2n) is 12.2. The third-order valence-electron chi connectivity index (χ3n) is 7.76. The van der Waals surface area contributed by atoms with E-state index in [-0.39, 0.29) is 35.5 Å². The molecular formula is C24H50O4Si2. The summed E-state index contributed by atoms with van der Waals surface area (Å²) in [6.07, 6.45) is 8.38. The summed E-state index contributed by atoms with van der Waals surface area (Å²) in [6.45, 7) is 22.9. The van der Waals surface area contributed by atoms with Gasteiger partial charge in [0, 0.05) is 12.5 Å². The van der Waals surface area contributed by atoms with Gasteiger partial charge in [-0.1, -0.05) is 53.7 Å². The maximum atomic E-state index is 9.98. The molecule has 0 amide bonds. The predicted octanol–water partition coefficient (Wildman–Crippen LogP) is 6.11. The van der Waals surface area contributed by atoms with Crippen LogP contribution in [0.25, 0.3) is 0 Å². The van der Waals surface area contributed by atoms with E-state index in [1.807, 2.05) is 0 Å². The van der Waals surface area contributed by atoms with Crippen LogP contribution in [0.5, 0.6) is 0 Å². The second kappa shape index (κ2) is 10.8. The van der Waals surface area contributed by atoms with Gasteiger partial charge in [-0.05, 0) is 67.9 Å². The van der Waals surface area contributed by atoms with Crippen molar-refractivity contribution in [2.45, 2.75) is 116 Å². The summed E-state index contributed by atoms with van der Waals surface area (Å²) in [4.78, 5) is 0. The summed E-state index contributed by atoms with van der Waals surface area (Å²) < 4.78 is 13.3. The van der Waals surface area contributed by atoms with E-state index in [0.29, 0.717) is 11.8 Å². The molecule has 1 rings (SSSR count). The third-order valence-corrected chi connectivity index (χ3v) is 16.8. The van der Waals surface area contributed by atoms with Crippen molar-refractivity contribution in [1.82, 2.24) is 0 Å². The first kappa shape index (κ1) is 28.0. The average Bonchev–Trinajstić information content (AvgIpc) is 2.95. The van der Waals surface area contributed by atoms with E-state index in [0.717, 1.165) is 25.7 Å². The van der Waals surface area contributed by atoms with Gasteiger partial charge in [0.05, 0.1) is 18.8 Å². The topological polar surface area (TPSA) is 58.9 Å². The molecule has 1 fully saturated rings. The second-order valence-corrected chi connectivity index (χ2v) is 21.7. The van der Waals surface area contributed by atoms with E-state index >= 15 is 0 Å². The number of aliphatic hydroxyl groups excluding tert-OH is 2. The Morgan fingerprint density at radius 2 is 1.50 bits per heavy atom. The van der Waals surface area contributed by atoms with Crippen molar-refractivity contribution >= 4 is 16.6 Å². The highest BCUT2D eigenvalue weighted by atomic mass is 28.4. The first-order valence-electron chi connectivity index (χ1n) is 11.8. The van der Waals surface area contributed by atoms with E-state index in [2.05, 4.69) is 79.9 Å². The van der Waals surface area contributed by atoms with Gasteiger partial charge in [0.25, 0.3) is 0 Å². The zero-order valence-electron chi connectivity index (χ0n) is 21.4. The number of hydrogen-bond donors (Lipinski definition) is 2. The van der Waals surface area contributed by atoms with Crippen LogP contribution >= 0.6 is 0 Å². The van der Waals surface area contributed by atoms with Crippen LogP contribution in [0.15, 0.2) is 12.2 Å². The quantitative estimate of drug-likeness (QED) is 0.306. The van der Waals surface area contributed by atoms with Crippen molar-refractivity contribution in [3.63, 3.8) is 0 Å². The van der Waals surface area contributed by atoms with Crippen LogP contribution in [-0.2, 0) is 8.85 Å². The third kappa shape index (κ3) is 7.56. The lowest BCUT2D eigenvalue weighted by Gasteiger charge is -2.40. The molecule has 0 aromatic rings. The molecule has 0 aromatic heterocycles. The SMILES string of the molecule is CC(C)(C)[Si](C)(C)O[C@@H](C=C[C@@H]1[C@@H](CCCO)CC[C@H]1O[Si](C)(C)C(C)(C)C)CO. The van der Waals surface area contributed by atoms with E-state index in [1.54, 1.807) is 0 Å². The molecular weight excluding hydrogens is 408 g/mol. The molecule has 0 spiro atoms. The van der Waals surface area contributed by atoms with Gasteiger partial charge >= 0.3 is 0 Å². The summed E-state index contributed by atoms with van der Waals surface area (Å²) in [6, 6.07) is 0. The lowest BCUT2D eigenvalue weighted by molar-refractivity contribution is 0.131. The molecule has 4 nitrogen and oxygen atoms in total. The summed E-state index contributed by atoms with van der Waals surface area (Å²) in [5.41, 5.74) is 0. The van der Waals surface area contributed by atoms with Crippen LogP contribution in [0.4, 0.5) is 0 Å². The van der Waals surface area contributed by atoms with Gasteiger partial charge < -0.3 is 19.1 Å². The molecule has 1 saturated carbocycles. The fourth-order valence-corrected chi connectivity index (χ4v) is 6.32. The number of hydrogen-bond acceptors (Lipinski definition) is 4. The Hall–Kier alpha value is 0.0138. The van der Waals surface area contributed by atoms with Crippen LogP contribution in [0.3, 0.4) is 0 Å². The van der Waals surface area contributed by atoms with Crippen molar-refractivity contribution < 1.29 is 19.1 Å². The number of rotatable bonds is 10. The highest BCUT2D eigenvalue weighted by Crippen LogP contribution is 2.44. The molecule has 4 atom stereocenters. The molecule has 2 N–H and O–H groups in total. The molecule has 0 unspecified atom stereocenters. The number of aliphatic hydroxyl groups is 2. The summed E-state index contributed by atoms with van der Waals surface area (Å²) in [7, 11) is -3.81. The first-order valence-corrected chi connectivity index (χ1v) is 17.6. The summed E-state index contributed by atoms with van der Waals surface area (Å²) >= 11 is 0. The molecule has 1 aliphatic carbocycles. The Morgan fingerprint density at radius 1 is 0.933 bits per heavy atom. The summed E-state index contributed by atoms with van der Waals surface area (Å²) in [5, 5.41) is 19.6. The highest BCUT2D eigenvalue weighted by molar-refractivity contribution is 6.74. The minimum absolute atomic E-state index is 0.00476. The Morgan fingerprint density at radius 3 is 1.97 bits per heavy atom. The van der Waals surface area contributed by atoms with Gasteiger partial charge in [-0.25, -0.2) is 0 Å². The Balaban J connectivity index is 3.02. The van der Waals surface area contributed by atoms with E-state index in [1.165, 1.54) is 0 Å². The molecule has 0 aliphatic heterocycles. The maximum absolute atomic E-state index is 9.98. The molecule has 0 aromatic carbocycles.